The number of carbonyl (C=O) groups is 3. The monoisotopic (exact) mass is 603 g/mol. The first kappa shape index (κ1) is 29.7. The van der Waals surface area contributed by atoms with Crippen molar-refractivity contribution >= 4 is 37.4 Å². The van der Waals surface area contributed by atoms with E-state index < -0.39 is 31.5 Å². The van der Waals surface area contributed by atoms with Gasteiger partial charge in [0.1, 0.15) is 0 Å². The summed E-state index contributed by atoms with van der Waals surface area (Å²) in [6.07, 6.45) is 2.79. The Morgan fingerprint density at radius 2 is 1.93 bits per heavy atom. The van der Waals surface area contributed by atoms with Crippen LogP contribution in [0, 0.1) is 5.92 Å². The minimum Gasteiger partial charge on any atom is -0.432 e. The number of aliphatic hydroxyl groups is 1. The molecule has 0 aliphatic carbocycles. The number of anilines is 2. The first-order valence-electron chi connectivity index (χ1n) is 15.3. The molecule has 228 valence electrons. The number of carbonyl (C=O) groups excluding carboxylic acids is 3. The molecule has 4 aliphatic rings. The lowest BCUT2D eigenvalue weighted by Crippen LogP contribution is -2.48. The molecule has 0 aromatic heterocycles. The number of ether oxygens (including phenoxy) is 1. The standard InChI is InChI=1S/C33H41N3O6Si/c1-5-14-35-27-13-12-24(34-15-8-11-29(34)38)17-26(27)33(32(35)40)21(2)31(43(3,4)41)28(42-33)18-30(39)36-19-23-10-7-6-9-22(23)16-25(36)20-37/h5-7,9-10,12-13,17,21,25,28,31,37,41H,1,8,11,14-16,18-20H2,2-4H3/t21-,25+,28+,31-,33+/m1/s1. The smallest absolute Gasteiger partial charge is 0.264 e. The van der Waals surface area contributed by atoms with Gasteiger partial charge in [-0.3, -0.25) is 14.4 Å². The predicted molar refractivity (Wildman–Crippen MR) is 166 cm³/mol. The molecule has 9 nitrogen and oxygen atoms in total. The zero-order valence-electron chi connectivity index (χ0n) is 25.2. The molecular weight excluding hydrogens is 562 g/mol. The predicted octanol–water partition coefficient (Wildman–Crippen LogP) is 3.48. The third kappa shape index (κ3) is 4.75. The molecule has 0 saturated carbocycles. The number of rotatable bonds is 7. The van der Waals surface area contributed by atoms with Crippen molar-refractivity contribution in [3.8, 4) is 0 Å². The van der Waals surface area contributed by atoms with Gasteiger partial charge in [0.2, 0.25) is 11.8 Å². The van der Waals surface area contributed by atoms with E-state index in [9.17, 15) is 24.3 Å². The molecule has 2 fully saturated rings. The van der Waals surface area contributed by atoms with Crippen molar-refractivity contribution in [1.29, 1.82) is 0 Å². The zero-order chi connectivity index (χ0) is 30.7. The molecule has 4 aliphatic heterocycles. The van der Waals surface area contributed by atoms with Crippen LogP contribution in [0.3, 0.4) is 0 Å². The minimum atomic E-state index is -2.99. The van der Waals surface area contributed by atoms with Crippen LogP contribution >= 0.6 is 0 Å². The number of hydrogen-bond donors (Lipinski definition) is 2. The van der Waals surface area contributed by atoms with E-state index in [0.29, 0.717) is 37.2 Å². The molecule has 2 N–H and O–H groups in total. The molecule has 5 atom stereocenters. The number of fused-ring (bicyclic) bond motifs is 3. The second kappa shape index (κ2) is 11.0. The van der Waals surface area contributed by atoms with Crippen LogP contribution in [0.25, 0.3) is 0 Å². The van der Waals surface area contributed by atoms with E-state index in [0.717, 1.165) is 23.2 Å². The van der Waals surface area contributed by atoms with Gasteiger partial charge in [0.15, 0.2) is 13.9 Å². The molecule has 2 aromatic carbocycles. The second-order valence-corrected chi connectivity index (χ2v) is 16.9. The Kier molecular flexibility index (Phi) is 7.61. The quantitative estimate of drug-likeness (QED) is 0.371. The molecule has 0 unspecified atom stereocenters. The molecule has 6 rings (SSSR count). The molecule has 10 heteroatoms. The van der Waals surface area contributed by atoms with Crippen LogP contribution in [-0.2, 0) is 37.7 Å². The van der Waals surface area contributed by atoms with Crippen molar-refractivity contribution in [2.24, 2.45) is 5.92 Å². The largest absolute Gasteiger partial charge is 0.432 e. The van der Waals surface area contributed by atoms with Gasteiger partial charge in [0, 0.05) is 48.8 Å². The Bertz CT molecular complexity index is 1470. The molecule has 3 amide bonds. The Morgan fingerprint density at radius 3 is 2.58 bits per heavy atom. The highest BCUT2D eigenvalue weighted by atomic mass is 28.4. The fourth-order valence-electron chi connectivity index (χ4n) is 8.00. The maximum absolute atomic E-state index is 14.4. The summed E-state index contributed by atoms with van der Waals surface area (Å²) in [6.45, 7) is 10.6. The van der Waals surface area contributed by atoms with Crippen LogP contribution in [0.1, 0.15) is 42.9 Å². The van der Waals surface area contributed by atoms with Crippen molar-refractivity contribution in [1.82, 2.24) is 4.90 Å². The van der Waals surface area contributed by atoms with E-state index in [1.807, 2.05) is 62.5 Å². The second-order valence-electron chi connectivity index (χ2n) is 12.9. The third-order valence-corrected chi connectivity index (χ3v) is 12.4. The highest BCUT2D eigenvalue weighted by Crippen LogP contribution is 2.60. The Morgan fingerprint density at radius 1 is 1.19 bits per heavy atom. The summed E-state index contributed by atoms with van der Waals surface area (Å²) < 4.78 is 6.86. The number of nitrogens with zero attached hydrogens (tertiary/aromatic N) is 3. The Labute approximate surface area is 253 Å². The van der Waals surface area contributed by atoms with E-state index in [-0.39, 0.29) is 43.3 Å². The molecule has 0 radical (unpaired) electrons. The molecule has 2 aromatic rings. The van der Waals surface area contributed by atoms with Crippen LogP contribution in [-0.4, -0.2) is 72.7 Å². The van der Waals surface area contributed by atoms with Gasteiger partial charge in [-0.05, 0) is 55.3 Å². The van der Waals surface area contributed by atoms with Gasteiger partial charge < -0.3 is 29.3 Å². The number of aliphatic hydroxyl groups excluding tert-OH is 1. The topological polar surface area (TPSA) is 111 Å². The lowest BCUT2D eigenvalue weighted by atomic mass is 9.82. The summed E-state index contributed by atoms with van der Waals surface area (Å²) in [5, 5.41) is 10.2. The number of benzene rings is 2. The lowest BCUT2D eigenvalue weighted by Gasteiger charge is -2.37. The molecule has 0 bridgehead atoms. The molecular formula is C33H41N3O6Si. The Hall–Kier alpha value is -3.31. The summed E-state index contributed by atoms with van der Waals surface area (Å²) in [5.41, 5.74) is 2.43. The molecule has 1 spiro atoms. The summed E-state index contributed by atoms with van der Waals surface area (Å²) in [7, 11) is -2.99. The van der Waals surface area contributed by atoms with Crippen molar-refractivity contribution in [3.63, 3.8) is 0 Å². The molecule has 43 heavy (non-hydrogen) atoms. The van der Waals surface area contributed by atoms with E-state index in [4.69, 9.17) is 4.74 Å². The summed E-state index contributed by atoms with van der Waals surface area (Å²) in [4.78, 5) is 57.8. The maximum Gasteiger partial charge on any atom is 0.264 e. The fraction of sp³-hybridized carbons (Fsp3) is 0.485. The Balaban J connectivity index is 1.38. The zero-order valence-corrected chi connectivity index (χ0v) is 26.2. The highest BCUT2D eigenvalue weighted by molar-refractivity contribution is 6.71. The van der Waals surface area contributed by atoms with Crippen molar-refractivity contribution in [3.05, 3.63) is 71.8 Å². The normalized spacial score (nSPS) is 28.5. The number of amides is 3. The SMILES string of the molecule is C=CCN1C(=O)[C@@]2(O[C@@H](CC(=O)N3Cc4ccccc4C[C@H]3CO)[C@H]([Si](C)(C)O)[C@H]2C)c2cc(N3CCCC3=O)ccc21. The van der Waals surface area contributed by atoms with Crippen LogP contribution < -0.4 is 9.80 Å². The van der Waals surface area contributed by atoms with Gasteiger partial charge in [-0.15, -0.1) is 6.58 Å². The van der Waals surface area contributed by atoms with Crippen LogP contribution in [0.2, 0.25) is 18.6 Å². The fourth-order valence-corrected chi connectivity index (χ4v) is 10.6. The van der Waals surface area contributed by atoms with Crippen molar-refractivity contribution in [2.75, 3.05) is 29.5 Å². The first-order chi connectivity index (χ1) is 20.5. The van der Waals surface area contributed by atoms with Gasteiger partial charge in [0.05, 0.1) is 30.9 Å². The first-order valence-corrected chi connectivity index (χ1v) is 18.3. The summed E-state index contributed by atoms with van der Waals surface area (Å²) in [5.74, 6) is -0.791. The lowest BCUT2D eigenvalue weighted by molar-refractivity contribution is -0.150. The van der Waals surface area contributed by atoms with E-state index in [1.54, 1.807) is 20.8 Å². The van der Waals surface area contributed by atoms with Crippen molar-refractivity contribution < 1.29 is 29.0 Å². The van der Waals surface area contributed by atoms with E-state index in [2.05, 4.69) is 6.58 Å². The van der Waals surface area contributed by atoms with Gasteiger partial charge in [0.25, 0.3) is 5.91 Å². The third-order valence-electron chi connectivity index (χ3n) is 9.93. The van der Waals surface area contributed by atoms with Gasteiger partial charge in [-0.2, -0.15) is 0 Å². The van der Waals surface area contributed by atoms with Gasteiger partial charge in [-0.1, -0.05) is 37.3 Å². The van der Waals surface area contributed by atoms with Crippen LogP contribution in [0.5, 0.6) is 0 Å². The minimum absolute atomic E-state index is 0.0131. The summed E-state index contributed by atoms with van der Waals surface area (Å²) in [6, 6.07) is 13.2. The summed E-state index contributed by atoms with van der Waals surface area (Å²) >= 11 is 0. The van der Waals surface area contributed by atoms with Gasteiger partial charge in [-0.25, -0.2) is 0 Å². The van der Waals surface area contributed by atoms with E-state index in [1.165, 1.54) is 0 Å². The van der Waals surface area contributed by atoms with Crippen molar-refractivity contribution in [2.45, 2.75) is 75.5 Å². The van der Waals surface area contributed by atoms with E-state index >= 15 is 0 Å². The average molecular weight is 604 g/mol. The molecule has 4 heterocycles. The molecule has 2 saturated heterocycles. The number of hydrogen-bond acceptors (Lipinski definition) is 6. The maximum atomic E-state index is 14.4. The average Bonchev–Trinajstić information content (AvgIpc) is 3.61. The van der Waals surface area contributed by atoms with Gasteiger partial charge >= 0.3 is 0 Å². The highest BCUT2D eigenvalue weighted by Gasteiger charge is 2.66. The van der Waals surface area contributed by atoms with Crippen LogP contribution in [0.4, 0.5) is 11.4 Å². The van der Waals surface area contributed by atoms with Crippen LogP contribution in [0.15, 0.2) is 55.1 Å².